The maximum atomic E-state index is 14.0. The average molecular weight is 517 g/mol. The summed E-state index contributed by atoms with van der Waals surface area (Å²) in [4.78, 5) is 25.5. The fourth-order valence-electron chi connectivity index (χ4n) is 2.95. The van der Waals surface area contributed by atoms with Gasteiger partial charge in [-0.3, -0.25) is 0 Å². The van der Waals surface area contributed by atoms with Crippen LogP contribution in [0.4, 0.5) is 8.78 Å². The van der Waals surface area contributed by atoms with E-state index in [1.54, 1.807) is 13.0 Å². The van der Waals surface area contributed by atoms with Crippen LogP contribution in [0.3, 0.4) is 0 Å². The Balaban J connectivity index is 2.09. The SMILES string of the molecule is C=CCCC(=O)O[Se]1(Br)c2cc(F)c(F)cc2C(=O)N1C(C)c1ccccc1. The van der Waals surface area contributed by atoms with Gasteiger partial charge in [-0.2, -0.15) is 0 Å². The van der Waals surface area contributed by atoms with Gasteiger partial charge in [0.05, 0.1) is 0 Å². The Kier molecular flexibility index (Phi) is 6.03. The molecule has 2 aromatic carbocycles. The summed E-state index contributed by atoms with van der Waals surface area (Å²) in [6.45, 7) is 5.36. The van der Waals surface area contributed by atoms with Crippen molar-refractivity contribution in [2.24, 2.45) is 0 Å². The van der Waals surface area contributed by atoms with Crippen molar-refractivity contribution in [3.63, 3.8) is 0 Å². The molecule has 2 aromatic rings. The molecule has 0 bridgehead atoms. The summed E-state index contributed by atoms with van der Waals surface area (Å²) in [5, 5.41) is 0. The minimum atomic E-state index is -3.84. The second kappa shape index (κ2) is 8.15. The number of halogens is 3. The van der Waals surface area contributed by atoms with E-state index in [0.29, 0.717) is 6.42 Å². The molecule has 1 heterocycles. The van der Waals surface area contributed by atoms with E-state index in [1.165, 1.54) is 3.92 Å². The summed E-state index contributed by atoms with van der Waals surface area (Å²) >= 11 is -0.335. The Bertz CT molecular complexity index is 941. The number of nitrogens with zero attached hydrogens (tertiary/aromatic N) is 1. The fourth-order valence-corrected chi connectivity index (χ4v) is 11.7. The molecule has 2 atom stereocenters. The van der Waals surface area contributed by atoms with Crippen molar-refractivity contribution < 1.29 is 22.2 Å². The number of allylic oxidation sites excluding steroid dienone is 1. The molecule has 1 aliphatic rings. The van der Waals surface area contributed by atoms with Crippen LogP contribution in [0.2, 0.25) is 0 Å². The van der Waals surface area contributed by atoms with E-state index in [1.807, 2.05) is 30.3 Å². The molecule has 0 aromatic heterocycles. The van der Waals surface area contributed by atoms with E-state index in [-0.39, 0.29) is 16.4 Å². The van der Waals surface area contributed by atoms with Crippen LogP contribution in [-0.4, -0.2) is 27.4 Å². The van der Waals surface area contributed by atoms with Crippen LogP contribution < -0.4 is 4.46 Å². The van der Waals surface area contributed by atoms with Crippen LogP contribution in [0.5, 0.6) is 0 Å². The normalized spacial score (nSPS) is 21.6. The van der Waals surface area contributed by atoms with E-state index in [9.17, 15) is 18.4 Å². The molecule has 1 aliphatic heterocycles. The third-order valence-electron chi connectivity index (χ3n) is 4.37. The molecule has 8 heteroatoms. The number of hydrogen-bond acceptors (Lipinski definition) is 3. The van der Waals surface area contributed by atoms with Gasteiger partial charge in [0.25, 0.3) is 0 Å². The molecule has 1 amide bonds. The quantitative estimate of drug-likeness (QED) is 0.426. The molecule has 0 N–H and O–H groups in total. The molecule has 3 rings (SSSR count). The molecule has 0 saturated heterocycles. The molecule has 28 heavy (non-hydrogen) atoms. The standard InChI is InChI=1S/C20H18BrF2NO3Se/c1-3-4-10-19(25)27-28(21)18-12-17(23)16(22)11-15(18)20(26)24(28)13(2)14-8-6-5-7-9-14/h3,5-9,11-13H,1,4,10H2,2H3. The molecule has 0 saturated carbocycles. The number of fused-ring (bicyclic) bond motifs is 1. The monoisotopic (exact) mass is 517 g/mol. The molecular formula is C20H18BrF2NO3Se. The molecule has 0 fully saturated rings. The third kappa shape index (κ3) is 3.64. The van der Waals surface area contributed by atoms with E-state index < -0.39 is 41.1 Å². The second-order valence-corrected chi connectivity index (χ2v) is 14.8. The Morgan fingerprint density at radius 2 is 1.93 bits per heavy atom. The van der Waals surface area contributed by atoms with E-state index in [4.69, 9.17) is 3.82 Å². The second-order valence-electron chi connectivity index (χ2n) is 6.22. The average Bonchev–Trinajstić information content (AvgIpc) is 2.87. The van der Waals surface area contributed by atoms with Gasteiger partial charge < -0.3 is 0 Å². The summed E-state index contributed by atoms with van der Waals surface area (Å²) in [5.41, 5.74) is 0.822. The Morgan fingerprint density at radius 3 is 2.57 bits per heavy atom. The van der Waals surface area contributed by atoms with Crippen LogP contribution in [0.15, 0.2) is 55.1 Å². The summed E-state index contributed by atoms with van der Waals surface area (Å²) in [6, 6.07) is 10.5. The Hall–Kier alpha value is -2.02. The van der Waals surface area contributed by atoms with Gasteiger partial charge in [0.15, 0.2) is 0 Å². The van der Waals surface area contributed by atoms with Gasteiger partial charge in [0.2, 0.25) is 0 Å². The Morgan fingerprint density at radius 1 is 1.29 bits per heavy atom. The number of carbonyl (C=O) groups is 2. The zero-order valence-electron chi connectivity index (χ0n) is 15.0. The van der Waals surface area contributed by atoms with Gasteiger partial charge in [-0.25, -0.2) is 0 Å². The fraction of sp³-hybridized carbons (Fsp3) is 0.200. The third-order valence-corrected chi connectivity index (χ3v) is 13.3. The van der Waals surface area contributed by atoms with Crippen molar-refractivity contribution in [3.8, 4) is 0 Å². The topological polar surface area (TPSA) is 46.6 Å². The first-order valence-electron chi connectivity index (χ1n) is 8.53. The molecular weight excluding hydrogens is 499 g/mol. The molecule has 0 aliphatic carbocycles. The number of benzene rings is 2. The summed E-state index contributed by atoms with van der Waals surface area (Å²) < 4.78 is 35.2. The van der Waals surface area contributed by atoms with E-state index >= 15 is 0 Å². The molecule has 0 spiro atoms. The first-order chi connectivity index (χ1) is 13.3. The zero-order valence-corrected chi connectivity index (χ0v) is 18.3. The van der Waals surface area contributed by atoms with E-state index in [2.05, 4.69) is 20.7 Å². The van der Waals surface area contributed by atoms with Crippen molar-refractivity contribution >= 4 is 42.0 Å². The van der Waals surface area contributed by atoms with Crippen molar-refractivity contribution in [2.45, 2.75) is 25.8 Å². The van der Waals surface area contributed by atoms with Crippen molar-refractivity contribution in [1.29, 1.82) is 0 Å². The number of rotatable bonds is 6. The van der Waals surface area contributed by atoms with Crippen LogP contribution in [0, 0.1) is 11.6 Å². The van der Waals surface area contributed by atoms with Gasteiger partial charge in [-0.15, -0.1) is 0 Å². The molecule has 2 unspecified atom stereocenters. The summed E-state index contributed by atoms with van der Waals surface area (Å²) in [6.07, 6.45) is 2.07. The number of carbonyl (C=O) groups excluding carboxylic acids is 2. The molecule has 4 nitrogen and oxygen atoms in total. The van der Waals surface area contributed by atoms with Gasteiger partial charge >= 0.3 is 172 Å². The summed E-state index contributed by atoms with van der Waals surface area (Å²) in [5.74, 6) is -3.25. The van der Waals surface area contributed by atoms with Crippen molar-refractivity contribution in [1.82, 2.24) is 3.92 Å². The number of amides is 1. The van der Waals surface area contributed by atoms with Gasteiger partial charge in [-0.1, -0.05) is 0 Å². The van der Waals surface area contributed by atoms with Crippen LogP contribution >= 0.6 is 14.1 Å². The van der Waals surface area contributed by atoms with Gasteiger partial charge in [0.1, 0.15) is 0 Å². The predicted octanol–water partition coefficient (Wildman–Crippen LogP) is 4.23. The molecule has 0 radical (unpaired) electrons. The first-order valence-corrected chi connectivity index (χ1v) is 14.9. The van der Waals surface area contributed by atoms with Crippen molar-refractivity contribution in [3.05, 3.63) is 77.9 Å². The number of hydrogen-bond donors (Lipinski definition) is 0. The van der Waals surface area contributed by atoms with Gasteiger partial charge in [0, 0.05) is 0 Å². The minimum absolute atomic E-state index is 0.00933. The molecule has 148 valence electrons. The van der Waals surface area contributed by atoms with Crippen LogP contribution in [0.25, 0.3) is 0 Å². The Labute approximate surface area is 171 Å². The van der Waals surface area contributed by atoms with Crippen LogP contribution in [0.1, 0.15) is 41.7 Å². The van der Waals surface area contributed by atoms with E-state index in [0.717, 1.165) is 17.7 Å². The predicted molar refractivity (Wildman–Crippen MR) is 107 cm³/mol. The first kappa shape index (κ1) is 20.7. The summed E-state index contributed by atoms with van der Waals surface area (Å²) in [7, 11) is 0. The maximum absolute atomic E-state index is 14.0. The zero-order chi connectivity index (χ0) is 20.5. The van der Waals surface area contributed by atoms with Crippen molar-refractivity contribution in [2.75, 3.05) is 0 Å². The van der Waals surface area contributed by atoms with Crippen LogP contribution in [-0.2, 0) is 8.61 Å². The van der Waals surface area contributed by atoms with Gasteiger partial charge in [-0.05, 0) is 0 Å².